The molecular formula is C16H29N5O2. The summed E-state index contributed by atoms with van der Waals surface area (Å²) in [5, 5.41) is 17.0. The first-order valence-corrected chi connectivity index (χ1v) is 8.21. The predicted octanol–water partition coefficient (Wildman–Crippen LogP) is 0.449. The molecule has 1 saturated heterocycles. The van der Waals surface area contributed by atoms with E-state index in [1.54, 1.807) is 4.68 Å². The van der Waals surface area contributed by atoms with Crippen molar-refractivity contribution in [1.29, 1.82) is 0 Å². The molecule has 2 rings (SSSR count). The summed E-state index contributed by atoms with van der Waals surface area (Å²) >= 11 is 0. The molecule has 0 bridgehead atoms. The number of hydrogen-bond acceptors (Lipinski definition) is 4. The third-order valence-electron chi connectivity index (χ3n) is 4.03. The van der Waals surface area contributed by atoms with E-state index in [9.17, 15) is 9.90 Å². The lowest BCUT2D eigenvalue weighted by Gasteiger charge is -2.41. The fourth-order valence-corrected chi connectivity index (χ4v) is 3.04. The number of urea groups is 1. The van der Waals surface area contributed by atoms with Gasteiger partial charge in [-0.1, -0.05) is 0 Å². The summed E-state index contributed by atoms with van der Waals surface area (Å²) in [4.78, 5) is 16.4. The van der Waals surface area contributed by atoms with Gasteiger partial charge in [-0.3, -0.25) is 9.58 Å². The maximum absolute atomic E-state index is 12.3. The van der Waals surface area contributed by atoms with Gasteiger partial charge >= 0.3 is 6.03 Å². The highest BCUT2D eigenvalue weighted by Crippen LogP contribution is 2.13. The fourth-order valence-electron chi connectivity index (χ4n) is 3.04. The Morgan fingerprint density at radius 1 is 1.48 bits per heavy atom. The minimum Gasteiger partial charge on any atom is -0.389 e. The second kappa shape index (κ2) is 7.31. The highest BCUT2D eigenvalue weighted by molar-refractivity contribution is 5.74. The first kappa shape index (κ1) is 17.7. The van der Waals surface area contributed by atoms with Gasteiger partial charge in [0.25, 0.3) is 0 Å². The standard InChI is InChI=1S/C16H29N5O2/c1-13-10-20(12-16(2,3)23)7-8-21(13)15(22)17-6-5-14-9-18-19(4)11-14/h9,11,13,23H,5-8,10,12H2,1-4H3,(H,17,22). The Bertz CT molecular complexity index is 523. The zero-order valence-corrected chi connectivity index (χ0v) is 14.6. The first-order valence-electron chi connectivity index (χ1n) is 8.21. The number of piperazine rings is 1. The van der Waals surface area contributed by atoms with E-state index >= 15 is 0 Å². The van der Waals surface area contributed by atoms with Crippen LogP contribution in [0.4, 0.5) is 4.79 Å². The Labute approximate surface area is 138 Å². The van der Waals surface area contributed by atoms with Gasteiger partial charge in [0.2, 0.25) is 0 Å². The SMILES string of the molecule is CC1CN(CC(C)(C)O)CCN1C(=O)NCCc1cnn(C)c1. The molecule has 23 heavy (non-hydrogen) atoms. The molecule has 7 nitrogen and oxygen atoms in total. The van der Waals surface area contributed by atoms with Gasteiger partial charge in [0, 0.05) is 52.0 Å². The van der Waals surface area contributed by atoms with Gasteiger partial charge in [-0.15, -0.1) is 0 Å². The Morgan fingerprint density at radius 3 is 2.78 bits per heavy atom. The molecule has 0 aromatic carbocycles. The molecular weight excluding hydrogens is 294 g/mol. The number of hydrogen-bond donors (Lipinski definition) is 2. The summed E-state index contributed by atoms with van der Waals surface area (Å²) in [5.74, 6) is 0. The second-order valence-corrected chi connectivity index (χ2v) is 7.09. The van der Waals surface area contributed by atoms with Crippen LogP contribution in [-0.2, 0) is 13.5 Å². The number of nitrogens with one attached hydrogen (secondary N) is 1. The molecule has 1 aromatic heterocycles. The summed E-state index contributed by atoms with van der Waals surface area (Å²) in [6, 6.07) is 0.133. The van der Waals surface area contributed by atoms with Gasteiger partial charge in [0.1, 0.15) is 0 Å². The summed E-state index contributed by atoms with van der Waals surface area (Å²) in [5.41, 5.74) is 0.421. The van der Waals surface area contributed by atoms with Crippen LogP contribution in [0.5, 0.6) is 0 Å². The molecule has 0 spiro atoms. The highest BCUT2D eigenvalue weighted by atomic mass is 16.3. The van der Waals surface area contributed by atoms with E-state index in [1.165, 1.54) is 0 Å². The van der Waals surface area contributed by atoms with E-state index in [-0.39, 0.29) is 12.1 Å². The van der Waals surface area contributed by atoms with Crippen molar-refractivity contribution < 1.29 is 9.90 Å². The van der Waals surface area contributed by atoms with Gasteiger partial charge in [-0.05, 0) is 32.8 Å². The van der Waals surface area contributed by atoms with Crippen LogP contribution in [0.25, 0.3) is 0 Å². The normalized spacial score (nSPS) is 19.9. The first-order chi connectivity index (χ1) is 10.7. The van der Waals surface area contributed by atoms with E-state index < -0.39 is 5.60 Å². The number of aliphatic hydroxyl groups is 1. The summed E-state index contributed by atoms with van der Waals surface area (Å²) in [7, 11) is 1.89. The number of aromatic nitrogens is 2. The zero-order chi connectivity index (χ0) is 17.0. The van der Waals surface area contributed by atoms with Gasteiger partial charge in [0.05, 0.1) is 11.8 Å². The number of rotatable bonds is 5. The van der Waals surface area contributed by atoms with Gasteiger partial charge in [-0.2, -0.15) is 5.10 Å². The monoisotopic (exact) mass is 323 g/mol. The number of carbonyl (C=O) groups is 1. The molecule has 0 radical (unpaired) electrons. The van der Waals surface area contributed by atoms with Gasteiger partial charge in [0.15, 0.2) is 0 Å². The Morgan fingerprint density at radius 2 is 2.22 bits per heavy atom. The molecule has 1 unspecified atom stereocenters. The van der Waals surface area contributed by atoms with Crippen LogP contribution >= 0.6 is 0 Å². The molecule has 2 heterocycles. The average molecular weight is 323 g/mol. The number of amides is 2. The van der Waals surface area contributed by atoms with Crippen molar-refractivity contribution in [2.45, 2.75) is 38.8 Å². The van der Waals surface area contributed by atoms with Crippen molar-refractivity contribution in [2.75, 3.05) is 32.7 Å². The molecule has 1 aromatic rings. The van der Waals surface area contributed by atoms with Crippen molar-refractivity contribution in [3.8, 4) is 0 Å². The Balaban J connectivity index is 1.75. The Hall–Kier alpha value is -1.60. The molecule has 7 heteroatoms. The van der Waals surface area contributed by atoms with E-state index in [1.807, 2.05) is 38.2 Å². The maximum Gasteiger partial charge on any atom is 0.317 e. The van der Waals surface area contributed by atoms with Crippen LogP contribution in [0.1, 0.15) is 26.3 Å². The number of nitrogens with zero attached hydrogens (tertiary/aromatic N) is 4. The molecule has 0 aliphatic carbocycles. The minimum absolute atomic E-state index is 0.00991. The largest absolute Gasteiger partial charge is 0.389 e. The smallest absolute Gasteiger partial charge is 0.317 e. The zero-order valence-electron chi connectivity index (χ0n) is 14.6. The second-order valence-electron chi connectivity index (χ2n) is 7.09. The average Bonchev–Trinajstić information content (AvgIpc) is 2.82. The fraction of sp³-hybridized carbons (Fsp3) is 0.750. The van der Waals surface area contributed by atoms with E-state index in [4.69, 9.17) is 0 Å². The van der Waals surface area contributed by atoms with Crippen LogP contribution < -0.4 is 5.32 Å². The lowest BCUT2D eigenvalue weighted by Crippen LogP contribution is -2.58. The van der Waals surface area contributed by atoms with Crippen LogP contribution in [0.2, 0.25) is 0 Å². The molecule has 2 amide bonds. The molecule has 130 valence electrons. The third-order valence-corrected chi connectivity index (χ3v) is 4.03. The summed E-state index contributed by atoms with van der Waals surface area (Å²) < 4.78 is 1.76. The van der Waals surface area contributed by atoms with E-state index in [2.05, 4.69) is 22.2 Å². The van der Waals surface area contributed by atoms with Crippen LogP contribution in [0, 0.1) is 0 Å². The van der Waals surface area contributed by atoms with Gasteiger partial charge in [-0.25, -0.2) is 4.79 Å². The molecule has 0 saturated carbocycles. The molecule has 1 aliphatic rings. The highest BCUT2D eigenvalue weighted by Gasteiger charge is 2.29. The maximum atomic E-state index is 12.3. The number of β-amino-alcohol motifs (C(OH)–C–C–N with tert-alkyl or cyclic N) is 1. The van der Waals surface area contributed by atoms with Crippen LogP contribution in [0.3, 0.4) is 0 Å². The van der Waals surface area contributed by atoms with Gasteiger partial charge < -0.3 is 15.3 Å². The van der Waals surface area contributed by atoms with Crippen molar-refractivity contribution in [1.82, 2.24) is 24.9 Å². The topological polar surface area (TPSA) is 73.6 Å². The van der Waals surface area contributed by atoms with E-state index in [0.717, 1.165) is 25.1 Å². The minimum atomic E-state index is -0.701. The van der Waals surface area contributed by atoms with Crippen molar-refractivity contribution >= 4 is 6.03 Å². The predicted molar refractivity (Wildman–Crippen MR) is 89.2 cm³/mol. The molecule has 1 aliphatic heterocycles. The van der Waals surface area contributed by atoms with Crippen molar-refractivity contribution in [3.05, 3.63) is 18.0 Å². The van der Waals surface area contributed by atoms with Crippen LogP contribution in [-0.4, -0.2) is 75.1 Å². The number of carbonyl (C=O) groups excluding carboxylic acids is 1. The quantitative estimate of drug-likeness (QED) is 0.825. The number of aryl methyl sites for hydroxylation is 1. The molecule has 2 N–H and O–H groups in total. The summed E-state index contributed by atoms with van der Waals surface area (Å²) in [6.45, 7) is 9.21. The lowest BCUT2D eigenvalue weighted by atomic mass is 10.1. The van der Waals surface area contributed by atoms with E-state index in [0.29, 0.717) is 19.6 Å². The summed E-state index contributed by atoms with van der Waals surface area (Å²) in [6.07, 6.45) is 4.57. The third kappa shape index (κ3) is 5.51. The van der Waals surface area contributed by atoms with Crippen molar-refractivity contribution in [2.24, 2.45) is 7.05 Å². The molecule has 1 fully saturated rings. The lowest BCUT2D eigenvalue weighted by molar-refractivity contribution is 0.0119. The van der Waals surface area contributed by atoms with Crippen LogP contribution in [0.15, 0.2) is 12.4 Å². The molecule has 1 atom stereocenters. The Kier molecular flexibility index (Phi) is 5.64. The van der Waals surface area contributed by atoms with Crippen molar-refractivity contribution in [3.63, 3.8) is 0 Å².